The number of fused-ring (bicyclic) bond motifs is 1. The summed E-state index contributed by atoms with van der Waals surface area (Å²) in [6.45, 7) is 1.95. The summed E-state index contributed by atoms with van der Waals surface area (Å²) in [5, 5.41) is 14.3. The van der Waals surface area contributed by atoms with Gasteiger partial charge in [-0.1, -0.05) is 24.3 Å². The zero-order valence-electron chi connectivity index (χ0n) is 11.2. The van der Waals surface area contributed by atoms with Gasteiger partial charge in [0, 0.05) is 16.5 Å². The zero-order chi connectivity index (χ0) is 15.0. The Morgan fingerprint density at radius 1 is 1.19 bits per heavy atom. The molecule has 0 radical (unpaired) electrons. The third kappa shape index (κ3) is 2.66. The maximum atomic E-state index is 12.3. The lowest BCUT2D eigenvalue weighted by Crippen LogP contribution is -2.10. The number of nitrogens with one attached hydrogen (secondary N) is 1. The summed E-state index contributed by atoms with van der Waals surface area (Å²) in [4.78, 5) is 13.0. The number of amides is 1. The second-order valence-electron chi connectivity index (χ2n) is 4.70. The van der Waals surface area contributed by atoms with Crippen molar-refractivity contribution < 1.29 is 9.90 Å². The molecule has 0 aliphatic heterocycles. The molecule has 2 aromatic carbocycles. The molecule has 3 aromatic rings. The number of carbonyl (C=O) groups is 1. The quantitative estimate of drug-likeness (QED) is 0.679. The van der Waals surface area contributed by atoms with Gasteiger partial charge in [0.1, 0.15) is 5.75 Å². The van der Waals surface area contributed by atoms with Crippen molar-refractivity contribution in [2.24, 2.45) is 0 Å². The molecule has 3 nitrogen and oxygen atoms in total. The van der Waals surface area contributed by atoms with E-state index in [2.05, 4.69) is 21.2 Å². The Hall–Kier alpha value is -1.85. The summed E-state index contributed by atoms with van der Waals surface area (Å²) < 4.78 is 0.961. The molecule has 0 fully saturated rings. The lowest BCUT2D eigenvalue weighted by atomic mass is 10.1. The number of halogens is 1. The Morgan fingerprint density at radius 2 is 1.90 bits per heavy atom. The van der Waals surface area contributed by atoms with Crippen LogP contribution >= 0.6 is 27.3 Å². The lowest BCUT2D eigenvalue weighted by Gasteiger charge is -2.08. The second kappa shape index (κ2) is 5.50. The molecule has 0 unspecified atom stereocenters. The third-order valence-electron chi connectivity index (χ3n) is 3.23. The highest BCUT2D eigenvalue weighted by molar-refractivity contribution is 9.11. The van der Waals surface area contributed by atoms with Crippen molar-refractivity contribution in [3.05, 3.63) is 56.7 Å². The Labute approximate surface area is 134 Å². The normalized spacial score (nSPS) is 10.8. The molecule has 106 valence electrons. The first-order valence-corrected chi connectivity index (χ1v) is 7.95. The number of aryl methyl sites for hydroxylation is 1. The van der Waals surface area contributed by atoms with Gasteiger partial charge < -0.3 is 10.4 Å². The van der Waals surface area contributed by atoms with Gasteiger partial charge in [0.05, 0.1) is 8.66 Å². The van der Waals surface area contributed by atoms with E-state index in [9.17, 15) is 9.90 Å². The van der Waals surface area contributed by atoms with E-state index in [1.807, 2.05) is 37.3 Å². The van der Waals surface area contributed by atoms with E-state index in [-0.39, 0.29) is 11.7 Å². The molecule has 0 aliphatic rings. The summed E-state index contributed by atoms with van der Waals surface area (Å²) in [5.74, 6) is 0.0583. The Kier molecular flexibility index (Phi) is 3.69. The summed E-state index contributed by atoms with van der Waals surface area (Å²) in [5.41, 5.74) is 1.73. The van der Waals surface area contributed by atoms with Crippen LogP contribution in [-0.4, -0.2) is 11.0 Å². The van der Waals surface area contributed by atoms with Gasteiger partial charge in [0.25, 0.3) is 5.91 Å². The highest BCUT2D eigenvalue weighted by Gasteiger charge is 2.13. The van der Waals surface area contributed by atoms with Crippen molar-refractivity contribution in [2.45, 2.75) is 6.92 Å². The Balaban J connectivity index is 1.98. The van der Waals surface area contributed by atoms with Crippen LogP contribution in [0.3, 0.4) is 0 Å². The fourth-order valence-corrected chi connectivity index (χ4v) is 3.59. The predicted octanol–water partition coefficient (Wildman–Crippen LogP) is 4.93. The van der Waals surface area contributed by atoms with Crippen molar-refractivity contribution in [2.75, 3.05) is 5.32 Å². The van der Waals surface area contributed by atoms with Crippen molar-refractivity contribution >= 4 is 49.6 Å². The fourth-order valence-electron chi connectivity index (χ4n) is 2.16. The van der Waals surface area contributed by atoms with Crippen LogP contribution < -0.4 is 5.32 Å². The topological polar surface area (TPSA) is 49.3 Å². The van der Waals surface area contributed by atoms with Crippen LogP contribution in [-0.2, 0) is 0 Å². The number of hydrogen-bond acceptors (Lipinski definition) is 3. The van der Waals surface area contributed by atoms with Crippen LogP contribution in [0.25, 0.3) is 10.8 Å². The van der Waals surface area contributed by atoms with Gasteiger partial charge in [-0.3, -0.25) is 4.79 Å². The van der Waals surface area contributed by atoms with E-state index in [1.54, 1.807) is 12.1 Å². The van der Waals surface area contributed by atoms with Crippen LogP contribution in [0.1, 0.15) is 15.2 Å². The van der Waals surface area contributed by atoms with Crippen molar-refractivity contribution in [1.29, 1.82) is 0 Å². The molecule has 1 heterocycles. The first kappa shape index (κ1) is 14.1. The van der Waals surface area contributed by atoms with E-state index in [0.717, 1.165) is 20.1 Å². The largest absolute Gasteiger partial charge is 0.507 e. The van der Waals surface area contributed by atoms with Gasteiger partial charge >= 0.3 is 0 Å². The van der Waals surface area contributed by atoms with Crippen molar-refractivity contribution in [1.82, 2.24) is 0 Å². The average molecular weight is 362 g/mol. The molecule has 0 bridgehead atoms. The van der Waals surface area contributed by atoms with Gasteiger partial charge in [-0.25, -0.2) is 0 Å². The van der Waals surface area contributed by atoms with E-state index < -0.39 is 0 Å². The number of benzene rings is 2. The molecule has 1 aromatic heterocycles. The average Bonchev–Trinajstić information content (AvgIpc) is 2.80. The zero-order valence-corrected chi connectivity index (χ0v) is 13.6. The molecule has 5 heteroatoms. The standard InChI is InChI=1S/C16H12BrNO2S/c1-9-8-14(21-15(9)17)16(20)18-12-6-2-5-11-10(12)4-3-7-13(11)19/h2-8,19H,1H3,(H,18,20). The molecular formula is C16H12BrNO2S. The highest BCUT2D eigenvalue weighted by Crippen LogP contribution is 2.31. The summed E-state index contributed by atoms with van der Waals surface area (Å²) >= 11 is 4.83. The first-order valence-electron chi connectivity index (χ1n) is 6.34. The van der Waals surface area contributed by atoms with Crippen LogP contribution in [0.15, 0.2) is 46.3 Å². The van der Waals surface area contributed by atoms with Gasteiger partial charge in [-0.05, 0) is 46.6 Å². The molecule has 0 saturated carbocycles. The van der Waals surface area contributed by atoms with E-state index in [4.69, 9.17) is 0 Å². The number of hydrogen-bond donors (Lipinski definition) is 2. The van der Waals surface area contributed by atoms with Gasteiger partial charge in [0.2, 0.25) is 0 Å². The minimum absolute atomic E-state index is 0.148. The smallest absolute Gasteiger partial charge is 0.265 e. The number of phenols is 1. The van der Waals surface area contributed by atoms with Crippen LogP contribution in [0.5, 0.6) is 5.75 Å². The molecule has 1 amide bonds. The predicted molar refractivity (Wildman–Crippen MR) is 90.3 cm³/mol. The monoisotopic (exact) mass is 361 g/mol. The first-order chi connectivity index (χ1) is 10.1. The number of thiophene rings is 1. The van der Waals surface area contributed by atoms with E-state index >= 15 is 0 Å². The molecule has 0 atom stereocenters. The molecule has 0 aliphatic carbocycles. The molecule has 2 N–H and O–H groups in total. The van der Waals surface area contributed by atoms with Crippen LogP contribution in [0, 0.1) is 6.92 Å². The molecule has 21 heavy (non-hydrogen) atoms. The summed E-state index contributed by atoms with van der Waals surface area (Å²) in [7, 11) is 0. The van der Waals surface area contributed by atoms with Crippen molar-refractivity contribution in [3.63, 3.8) is 0 Å². The Bertz CT molecular complexity index is 822. The van der Waals surface area contributed by atoms with Crippen molar-refractivity contribution in [3.8, 4) is 5.75 Å². The van der Waals surface area contributed by atoms with Gasteiger partial charge in [-0.15, -0.1) is 11.3 Å². The number of anilines is 1. The van der Waals surface area contributed by atoms with E-state index in [1.165, 1.54) is 11.3 Å². The van der Waals surface area contributed by atoms with Crippen LogP contribution in [0.4, 0.5) is 5.69 Å². The summed E-state index contributed by atoms with van der Waals surface area (Å²) in [6.07, 6.45) is 0. The van der Waals surface area contributed by atoms with Crippen LogP contribution in [0.2, 0.25) is 0 Å². The number of aromatic hydroxyl groups is 1. The fraction of sp³-hybridized carbons (Fsp3) is 0.0625. The lowest BCUT2D eigenvalue weighted by molar-refractivity contribution is 0.103. The second-order valence-corrected chi connectivity index (χ2v) is 7.07. The molecular weight excluding hydrogens is 350 g/mol. The van der Waals surface area contributed by atoms with Gasteiger partial charge in [0.15, 0.2) is 0 Å². The molecule has 0 saturated heterocycles. The number of rotatable bonds is 2. The number of phenolic OH excluding ortho intramolecular Hbond substituents is 1. The maximum Gasteiger partial charge on any atom is 0.265 e. The molecule has 3 rings (SSSR count). The molecule has 0 spiro atoms. The highest BCUT2D eigenvalue weighted by atomic mass is 79.9. The number of carbonyl (C=O) groups excluding carboxylic acids is 1. The van der Waals surface area contributed by atoms with Gasteiger partial charge in [-0.2, -0.15) is 0 Å². The third-order valence-corrected chi connectivity index (χ3v) is 5.36. The summed E-state index contributed by atoms with van der Waals surface area (Å²) in [6, 6.07) is 12.6. The SMILES string of the molecule is Cc1cc(C(=O)Nc2cccc3c(O)cccc23)sc1Br. The minimum Gasteiger partial charge on any atom is -0.507 e. The maximum absolute atomic E-state index is 12.3. The van der Waals surface area contributed by atoms with E-state index in [0.29, 0.717) is 10.6 Å². The minimum atomic E-state index is -0.148. The Morgan fingerprint density at radius 3 is 2.62 bits per heavy atom.